The summed E-state index contributed by atoms with van der Waals surface area (Å²) in [6.45, 7) is 6.98. The lowest BCUT2D eigenvalue weighted by atomic mass is 9.99. The van der Waals surface area contributed by atoms with E-state index in [1.165, 1.54) is 11.1 Å². The Balaban J connectivity index is 2.73. The molecule has 0 saturated heterocycles. The number of nitrogens with two attached hydrogens (primary N) is 1. The average Bonchev–Trinajstić information content (AvgIpc) is 2.36. The molecule has 0 amide bonds. The predicted molar refractivity (Wildman–Crippen MR) is 78.2 cm³/mol. The van der Waals surface area contributed by atoms with Gasteiger partial charge in [0.05, 0.1) is 6.04 Å². The molecule has 18 heavy (non-hydrogen) atoms. The maximum Gasteiger partial charge on any atom is 0.0663 e. The van der Waals surface area contributed by atoms with E-state index >= 15 is 0 Å². The Kier molecular flexibility index (Phi) is 5.91. The summed E-state index contributed by atoms with van der Waals surface area (Å²) in [5.74, 6) is 3.35. The molecule has 1 rings (SSSR count). The van der Waals surface area contributed by atoms with E-state index in [1.807, 2.05) is 6.92 Å². The van der Waals surface area contributed by atoms with Gasteiger partial charge >= 0.3 is 0 Å². The topological polar surface area (TPSA) is 38.0 Å². The van der Waals surface area contributed by atoms with Crippen LogP contribution in [-0.4, -0.2) is 12.6 Å². The van der Waals surface area contributed by atoms with Crippen molar-refractivity contribution in [3.05, 3.63) is 35.4 Å². The minimum Gasteiger partial charge on any atom is -0.329 e. The molecule has 0 heterocycles. The number of benzene rings is 1. The standard InChI is InChI=1S/C16H24N2/c1-5-13(4)18-16(11-17)15-8-6-14(7-9-15)10-12(2)3/h1,6-9,12-13,16,18H,10-11,17H2,2-4H3. The van der Waals surface area contributed by atoms with Crippen LogP contribution in [0.2, 0.25) is 0 Å². The van der Waals surface area contributed by atoms with Gasteiger partial charge in [-0.15, -0.1) is 6.42 Å². The molecule has 2 atom stereocenters. The van der Waals surface area contributed by atoms with Crippen molar-refractivity contribution in [1.29, 1.82) is 0 Å². The number of rotatable bonds is 6. The summed E-state index contributed by atoms with van der Waals surface area (Å²) in [4.78, 5) is 0. The molecule has 0 bridgehead atoms. The first kappa shape index (κ1) is 14.8. The van der Waals surface area contributed by atoms with Crippen LogP contribution in [0.15, 0.2) is 24.3 Å². The molecule has 0 spiro atoms. The van der Waals surface area contributed by atoms with Gasteiger partial charge in [-0.05, 0) is 30.4 Å². The third kappa shape index (κ3) is 4.52. The molecular weight excluding hydrogens is 220 g/mol. The number of terminal acetylenes is 1. The summed E-state index contributed by atoms with van der Waals surface area (Å²) in [7, 11) is 0. The Morgan fingerprint density at radius 1 is 1.22 bits per heavy atom. The largest absolute Gasteiger partial charge is 0.329 e. The molecule has 0 radical (unpaired) electrons. The number of hydrogen-bond donors (Lipinski definition) is 2. The zero-order valence-corrected chi connectivity index (χ0v) is 11.6. The van der Waals surface area contributed by atoms with Gasteiger partial charge in [0.2, 0.25) is 0 Å². The average molecular weight is 244 g/mol. The van der Waals surface area contributed by atoms with Gasteiger partial charge in [0, 0.05) is 12.6 Å². The smallest absolute Gasteiger partial charge is 0.0663 e. The van der Waals surface area contributed by atoms with E-state index in [9.17, 15) is 0 Å². The first-order chi connectivity index (χ1) is 8.56. The summed E-state index contributed by atoms with van der Waals surface area (Å²) in [5.41, 5.74) is 8.37. The van der Waals surface area contributed by atoms with Crippen molar-refractivity contribution >= 4 is 0 Å². The summed E-state index contributed by atoms with van der Waals surface area (Å²) in [6, 6.07) is 8.82. The Morgan fingerprint density at radius 3 is 2.28 bits per heavy atom. The van der Waals surface area contributed by atoms with E-state index in [2.05, 4.69) is 49.4 Å². The van der Waals surface area contributed by atoms with Gasteiger partial charge in [-0.1, -0.05) is 44.0 Å². The second-order valence-electron chi connectivity index (χ2n) is 5.18. The van der Waals surface area contributed by atoms with Crippen molar-refractivity contribution in [1.82, 2.24) is 5.32 Å². The highest BCUT2D eigenvalue weighted by Gasteiger charge is 2.11. The SMILES string of the molecule is C#CC(C)NC(CN)c1ccc(CC(C)C)cc1. The molecule has 1 aromatic carbocycles. The van der Waals surface area contributed by atoms with E-state index in [1.54, 1.807) is 0 Å². The third-order valence-electron chi connectivity index (χ3n) is 2.96. The Hall–Kier alpha value is -1.30. The molecule has 2 unspecified atom stereocenters. The zero-order valence-electron chi connectivity index (χ0n) is 11.6. The van der Waals surface area contributed by atoms with E-state index in [0.717, 1.165) is 6.42 Å². The van der Waals surface area contributed by atoms with Crippen molar-refractivity contribution in [2.24, 2.45) is 11.7 Å². The minimum atomic E-state index is 0.0360. The predicted octanol–water partition coefficient (Wildman–Crippen LogP) is 2.50. The quantitative estimate of drug-likeness (QED) is 0.755. The molecule has 98 valence electrons. The Morgan fingerprint density at radius 2 is 1.83 bits per heavy atom. The molecule has 0 fully saturated rings. The van der Waals surface area contributed by atoms with Crippen LogP contribution in [-0.2, 0) is 6.42 Å². The van der Waals surface area contributed by atoms with Gasteiger partial charge in [0.25, 0.3) is 0 Å². The minimum absolute atomic E-state index is 0.0360. The number of hydrogen-bond acceptors (Lipinski definition) is 2. The first-order valence-electron chi connectivity index (χ1n) is 6.58. The molecule has 3 N–H and O–H groups in total. The van der Waals surface area contributed by atoms with Gasteiger partial charge < -0.3 is 5.73 Å². The molecule has 0 aliphatic carbocycles. The van der Waals surface area contributed by atoms with Crippen LogP contribution in [0, 0.1) is 18.3 Å². The molecule has 0 aliphatic rings. The molecule has 2 nitrogen and oxygen atoms in total. The van der Waals surface area contributed by atoms with Crippen molar-refractivity contribution in [2.75, 3.05) is 6.54 Å². The normalized spacial score (nSPS) is 14.2. The first-order valence-corrected chi connectivity index (χ1v) is 6.58. The molecule has 1 aromatic rings. The summed E-state index contributed by atoms with van der Waals surface area (Å²) in [5, 5.41) is 3.33. The highest BCUT2D eigenvalue weighted by Crippen LogP contribution is 2.15. The number of nitrogens with one attached hydrogen (secondary N) is 1. The van der Waals surface area contributed by atoms with Crippen molar-refractivity contribution in [3.8, 4) is 12.3 Å². The molecule has 2 heteroatoms. The van der Waals surface area contributed by atoms with E-state index < -0.39 is 0 Å². The third-order valence-corrected chi connectivity index (χ3v) is 2.96. The van der Waals surface area contributed by atoms with Crippen molar-refractivity contribution in [3.63, 3.8) is 0 Å². The molecule has 0 saturated carbocycles. The Labute approximate surface area is 111 Å². The second-order valence-corrected chi connectivity index (χ2v) is 5.18. The van der Waals surface area contributed by atoms with Crippen LogP contribution in [0.1, 0.15) is 37.9 Å². The van der Waals surface area contributed by atoms with Crippen molar-refractivity contribution in [2.45, 2.75) is 39.3 Å². The van der Waals surface area contributed by atoms with Crippen molar-refractivity contribution < 1.29 is 0 Å². The summed E-state index contributed by atoms with van der Waals surface area (Å²) >= 11 is 0. The fraction of sp³-hybridized carbons (Fsp3) is 0.500. The van der Waals surface area contributed by atoms with Gasteiger partial charge in [0.15, 0.2) is 0 Å². The van der Waals surface area contributed by atoms with Crippen LogP contribution >= 0.6 is 0 Å². The fourth-order valence-corrected chi connectivity index (χ4v) is 2.01. The Bertz CT molecular complexity index is 387. The summed E-state index contributed by atoms with van der Waals surface area (Å²) in [6.07, 6.45) is 6.49. The van der Waals surface area contributed by atoms with Crippen LogP contribution in [0.25, 0.3) is 0 Å². The van der Waals surface area contributed by atoms with E-state index in [0.29, 0.717) is 12.5 Å². The molecule has 0 aromatic heterocycles. The maximum absolute atomic E-state index is 5.80. The maximum atomic E-state index is 5.80. The van der Waals surface area contributed by atoms with Gasteiger partial charge in [-0.2, -0.15) is 0 Å². The van der Waals surface area contributed by atoms with E-state index in [4.69, 9.17) is 12.2 Å². The lowest BCUT2D eigenvalue weighted by molar-refractivity contribution is 0.518. The van der Waals surface area contributed by atoms with Crippen LogP contribution in [0.3, 0.4) is 0 Å². The lowest BCUT2D eigenvalue weighted by Gasteiger charge is -2.20. The second kappa shape index (κ2) is 7.20. The van der Waals surface area contributed by atoms with E-state index in [-0.39, 0.29) is 12.1 Å². The van der Waals surface area contributed by atoms with Gasteiger partial charge in [0.1, 0.15) is 0 Å². The van der Waals surface area contributed by atoms with Crippen LogP contribution in [0.5, 0.6) is 0 Å². The van der Waals surface area contributed by atoms with Gasteiger partial charge in [-0.3, -0.25) is 5.32 Å². The monoisotopic (exact) mass is 244 g/mol. The lowest BCUT2D eigenvalue weighted by Crippen LogP contribution is -2.34. The fourth-order valence-electron chi connectivity index (χ4n) is 2.01. The highest BCUT2D eigenvalue weighted by atomic mass is 15.0. The summed E-state index contributed by atoms with van der Waals surface area (Å²) < 4.78 is 0. The molecule has 0 aliphatic heterocycles. The van der Waals surface area contributed by atoms with Crippen LogP contribution < -0.4 is 11.1 Å². The zero-order chi connectivity index (χ0) is 13.5. The van der Waals surface area contributed by atoms with Gasteiger partial charge in [-0.25, -0.2) is 0 Å². The highest BCUT2D eigenvalue weighted by molar-refractivity contribution is 5.26. The molecular formula is C16H24N2. The van der Waals surface area contributed by atoms with Crippen LogP contribution in [0.4, 0.5) is 0 Å².